The van der Waals surface area contributed by atoms with Crippen LogP contribution in [0.4, 0.5) is 0 Å². The molecule has 7 heteroatoms. The largest absolute Gasteiger partial charge is 0.271 e. The van der Waals surface area contributed by atoms with Gasteiger partial charge in [-0.2, -0.15) is 5.10 Å². The molecule has 0 aliphatic rings. The number of para-hydroxylation sites is 1. The Kier molecular flexibility index (Phi) is 4.24. The van der Waals surface area contributed by atoms with E-state index in [0.29, 0.717) is 0 Å². The van der Waals surface area contributed by atoms with Gasteiger partial charge in [0.25, 0.3) is 5.91 Å². The Bertz CT molecular complexity index is 843. The number of halogens is 1. The van der Waals surface area contributed by atoms with Crippen LogP contribution < -0.4 is 5.43 Å². The Balaban J connectivity index is 1.65. The van der Waals surface area contributed by atoms with Crippen LogP contribution in [0.25, 0.3) is 11.0 Å². The van der Waals surface area contributed by atoms with E-state index >= 15 is 0 Å². The lowest BCUT2D eigenvalue weighted by Crippen LogP contribution is -2.23. The van der Waals surface area contributed by atoms with Crippen molar-refractivity contribution in [3.05, 3.63) is 58.6 Å². The minimum Gasteiger partial charge on any atom is -0.271 e. The maximum atomic E-state index is 11.9. The van der Waals surface area contributed by atoms with E-state index in [2.05, 4.69) is 36.8 Å². The highest BCUT2D eigenvalue weighted by Crippen LogP contribution is 2.13. The second-order valence-corrected chi connectivity index (χ2v) is 5.40. The van der Waals surface area contributed by atoms with Crippen LogP contribution in [0.15, 0.2) is 58.1 Å². The van der Waals surface area contributed by atoms with Crippen LogP contribution in [-0.2, 0) is 11.3 Å². The molecule has 1 N–H and O–H groups in total. The van der Waals surface area contributed by atoms with Gasteiger partial charge in [-0.1, -0.05) is 51.5 Å². The molecule has 0 bridgehead atoms. The van der Waals surface area contributed by atoms with Crippen LogP contribution in [0.3, 0.4) is 0 Å². The fourth-order valence-electron chi connectivity index (χ4n) is 1.96. The van der Waals surface area contributed by atoms with Gasteiger partial charge in [0.1, 0.15) is 12.1 Å². The number of fused-ring (bicyclic) bond motifs is 1. The Morgan fingerprint density at radius 2 is 2.00 bits per heavy atom. The lowest BCUT2D eigenvalue weighted by Gasteiger charge is -2.01. The second-order valence-electron chi connectivity index (χ2n) is 4.55. The summed E-state index contributed by atoms with van der Waals surface area (Å²) >= 11 is 3.41. The first-order chi connectivity index (χ1) is 10.7. The SMILES string of the molecule is O=C(Cn1nnc2ccccc21)N/N=C\c1ccccc1Br. The van der Waals surface area contributed by atoms with Gasteiger partial charge in [-0.3, -0.25) is 4.79 Å². The third-order valence-electron chi connectivity index (χ3n) is 3.01. The normalized spacial score (nSPS) is 11.1. The average molecular weight is 358 g/mol. The molecule has 0 unspecified atom stereocenters. The number of carbonyl (C=O) groups is 1. The molecule has 110 valence electrons. The first kappa shape index (κ1) is 14.4. The van der Waals surface area contributed by atoms with E-state index in [1.807, 2.05) is 48.5 Å². The Labute approximate surface area is 135 Å². The zero-order valence-corrected chi connectivity index (χ0v) is 13.1. The van der Waals surface area contributed by atoms with Crippen molar-refractivity contribution in [2.75, 3.05) is 0 Å². The molecule has 0 radical (unpaired) electrons. The fourth-order valence-corrected chi connectivity index (χ4v) is 2.35. The molecule has 6 nitrogen and oxygen atoms in total. The minimum absolute atomic E-state index is 0.0633. The molecule has 22 heavy (non-hydrogen) atoms. The van der Waals surface area contributed by atoms with Crippen molar-refractivity contribution in [1.82, 2.24) is 20.4 Å². The zero-order chi connectivity index (χ0) is 15.4. The zero-order valence-electron chi connectivity index (χ0n) is 11.5. The summed E-state index contributed by atoms with van der Waals surface area (Å²) in [6.45, 7) is 0.0633. The molecule has 1 amide bonds. The Hall–Kier alpha value is -2.54. The topological polar surface area (TPSA) is 72.2 Å². The summed E-state index contributed by atoms with van der Waals surface area (Å²) in [6.07, 6.45) is 1.58. The van der Waals surface area contributed by atoms with E-state index in [1.165, 1.54) is 0 Å². The Morgan fingerprint density at radius 3 is 2.86 bits per heavy atom. The molecule has 0 saturated carbocycles. The van der Waals surface area contributed by atoms with E-state index in [4.69, 9.17) is 0 Å². The highest BCUT2D eigenvalue weighted by atomic mass is 79.9. The summed E-state index contributed by atoms with van der Waals surface area (Å²) in [5.74, 6) is -0.265. The lowest BCUT2D eigenvalue weighted by atomic mass is 10.2. The van der Waals surface area contributed by atoms with Crippen LogP contribution in [0.1, 0.15) is 5.56 Å². The number of carbonyl (C=O) groups excluding carboxylic acids is 1. The number of hydrazone groups is 1. The van der Waals surface area contributed by atoms with Crippen molar-refractivity contribution in [2.45, 2.75) is 6.54 Å². The third kappa shape index (κ3) is 3.20. The maximum absolute atomic E-state index is 11.9. The lowest BCUT2D eigenvalue weighted by molar-refractivity contribution is -0.121. The fraction of sp³-hybridized carbons (Fsp3) is 0.0667. The summed E-state index contributed by atoms with van der Waals surface area (Å²) in [5.41, 5.74) is 4.93. The van der Waals surface area contributed by atoms with Crippen LogP contribution in [0.5, 0.6) is 0 Å². The van der Waals surface area contributed by atoms with E-state index in [1.54, 1.807) is 10.9 Å². The molecule has 0 aliphatic carbocycles. The standard InChI is InChI=1S/C15H12BrN5O/c16-12-6-2-1-5-11(12)9-17-19-15(22)10-21-14-8-4-3-7-13(14)18-20-21/h1-9H,10H2,(H,19,22)/b17-9-. The molecular weight excluding hydrogens is 346 g/mol. The molecule has 2 aromatic carbocycles. The highest BCUT2D eigenvalue weighted by molar-refractivity contribution is 9.10. The molecule has 0 aliphatic heterocycles. The molecule has 3 aromatic rings. The first-order valence-electron chi connectivity index (χ1n) is 6.59. The molecule has 1 heterocycles. The van der Waals surface area contributed by atoms with Crippen LogP contribution in [0, 0.1) is 0 Å². The van der Waals surface area contributed by atoms with E-state index in [0.717, 1.165) is 21.1 Å². The molecule has 1 aromatic heterocycles. The highest BCUT2D eigenvalue weighted by Gasteiger charge is 2.07. The van der Waals surface area contributed by atoms with Crippen molar-refractivity contribution in [3.8, 4) is 0 Å². The van der Waals surface area contributed by atoms with Gasteiger partial charge in [0.2, 0.25) is 0 Å². The summed E-state index contributed by atoms with van der Waals surface area (Å²) < 4.78 is 2.45. The number of hydrogen-bond acceptors (Lipinski definition) is 4. The number of benzene rings is 2. The minimum atomic E-state index is -0.265. The van der Waals surface area contributed by atoms with Crippen molar-refractivity contribution < 1.29 is 4.79 Å². The van der Waals surface area contributed by atoms with Crippen molar-refractivity contribution in [3.63, 3.8) is 0 Å². The van der Waals surface area contributed by atoms with E-state index < -0.39 is 0 Å². The van der Waals surface area contributed by atoms with Crippen LogP contribution in [-0.4, -0.2) is 27.1 Å². The maximum Gasteiger partial charge on any atom is 0.261 e. The summed E-state index contributed by atoms with van der Waals surface area (Å²) in [4.78, 5) is 11.9. The van der Waals surface area contributed by atoms with Gasteiger partial charge in [0, 0.05) is 10.0 Å². The van der Waals surface area contributed by atoms with Crippen LogP contribution >= 0.6 is 15.9 Å². The number of rotatable bonds is 4. The predicted molar refractivity (Wildman–Crippen MR) is 87.4 cm³/mol. The molecule has 0 atom stereocenters. The number of amides is 1. The predicted octanol–water partition coefficient (Wildman–Crippen LogP) is 2.34. The van der Waals surface area contributed by atoms with Crippen molar-refractivity contribution in [2.24, 2.45) is 5.10 Å². The number of nitrogens with zero attached hydrogens (tertiary/aromatic N) is 4. The summed E-state index contributed by atoms with van der Waals surface area (Å²) in [5, 5.41) is 11.9. The quantitative estimate of drug-likeness (QED) is 0.575. The molecule has 0 fully saturated rings. The van der Waals surface area contributed by atoms with Gasteiger partial charge in [0.05, 0.1) is 11.7 Å². The smallest absolute Gasteiger partial charge is 0.261 e. The van der Waals surface area contributed by atoms with Gasteiger partial charge in [-0.05, 0) is 18.2 Å². The average Bonchev–Trinajstić information content (AvgIpc) is 2.92. The van der Waals surface area contributed by atoms with Gasteiger partial charge in [0.15, 0.2) is 0 Å². The molecular formula is C15H12BrN5O. The third-order valence-corrected chi connectivity index (χ3v) is 3.73. The van der Waals surface area contributed by atoms with Crippen molar-refractivity contribution >= 4 is 39.1 Å². The summed E-state index contributed by atoms with van der Waals surface area (Å²) in [6, 6.07) is 15.1. The summed E-state index contributed by atoms with van der Waals surface area (Å²) in [7, 11) is 0. The molecule has 3 rings (SSSR count). The van der Waals surface area contributed by atoms with Crippen molar-refractivity contribution in [1.29, 1.82) is 0 Å². The van der Waals surface area contributed by atoms with Gasteiger partial charge >= 0.3 is 0 Å². The Morgan fingerprint density at radius 1 is 1.23 bits per heavy atom. The number of nitrogens with one attached hydrogen (secondary N) is 1. The van der Waals surface area contributed by atoms with Gasteiger partial charge < -0.3 is 0 Å². The number of aromatic nitrogens is 3. The molecule has 0 spiro atoms. The second kappa shape index (κ2) is 6.48. The van der Waals surface area contributed by atoms with Gasteiger partial charge in [-0.15, -0.1) is 5.10 Å². The number of hydrogen-bond donors (Lipinski definition) is 1. The van der Waals surface area contributed by atoms with Gasteiger partial charge in [-0.25, -0.2) is 10.1 Å². The first-order valence-corrected chi connectivity index (χ1v) is 7.38. The molecule has 0 saturated heterocycles. The van der Waals surface area contributed by atoms with E-state index in [-0.39, 0.29) is 12.5 Å². The van der Waals surface area contributed by atoms with E-state index in [9.17, 15) is 4.79 Å². The van der Waals surface area contributed by atoms with Crippen LogP contribution in [0.2, 0.25) is 0 Å². The monoisotopic (exact) mass is 357 g/mol.